The van der Waals surface area contributed by atoms with Crippen molar-refractivity contribution in [2.45, 2.75) is 78.0 Å². The summed E-state index contributed by atoms with van der Waals surface area (Å²) < 4.78 is 5.54. The molecule has 1 unspecified atom stereocenters. The Morgan fingerprint density at radius 1 is 1.29 bits per heavy atom. The van der Waals surface area contributed by atoms with Gasteiger partial charge < -0.3 is 25.0 Å². The van der Waals surface area contributed by atoms with Crippen LogP contribution in [0.5, 0.6) is 0 Å². The van der Waals surface area contributed by atoms with Crippen LogP contribution in [0.1, 0.15) is 75.9 Å². The van der Waals surface area contributed by atoms with Crippen molar-refractivity contribution in [3.05, 3.63) is 22.3 Å². The second-order valence-electron chi connectivity index (χ2n) is 10.3. The molecule has 10 heteroatoms. The summed E-state index contributed by atoms with van der Waals surface area (Å²) in [5, 5.41) is 12.9. The van der Waals surface area contributed by atoms with Gasteiger partial charge in [0.2, 0.25) is 5.91 Å². The Morgan fingerprint density at radius 2 is 1.97 bits per heavy atom. The number of amides is 2. The van der Waals surface area contributed by atoms with Gasteiger partial charge in [0.25, 0.3) is 5.91 Å². The zero-order valence-corrected chi connectivity index (χ0v) is 21.9. The quantitative estimate of drug-likeness (QED) is 0.519. The molecule has 0 aromatic carbocycles. The predicted molar refractivity (Wildman–Crippen MR) is 133 cm³/mol. The van der Waals surface area contributed by atoms with Crippen molar-refractivity contribution in [3.63, 3.8) is 0 Å². The molecule has 0 bridgehead atoms. The van der Waals surface area contributed by atoms with E-state index in [-0.39, 0.29) is 36.8 Å². The highest BCUT2D eigenvalue weighted by Gasteiger charge is 2.31. The van der Waals surface area contributed by atoms with Crippen molar-refractivity contribution in [2.75, 3.05) is 31.1 Å². The van der Waals surface area contributed by atoms with Crippen LogP contribution in [0.3, 0.4) is 0 Å². The van der Waals surface area contributed by atoms with Gasteiger partial charge in [0.05, 0.1) is 34.8 Å². The number of hydrogen-bond donors (Lipinski definition) is 2. The lowest BCUT2D eigenvalue weighted by molar-refractivity contribution is -0.160. The van der Waals surface area contributed by atoms with Gasteiger partial charge in [-0.15, -0.1) is 0 Å². The molecule has 2 N–H and O–H groups in total. The van der Waals surface area contributed by atoms with E-state index in [1.54, 1.807) is 11.0 Å². The zero-order valence-electron chi connectivity index (χ0n) is 21.1. The lowest BCUT2D eigenvalue weighted by Gasteiger charge is -2.34. The van der Waals surface area contributed by atoms with E-state index < -0.39 is 11.7 Å². The average molecular weight is 509 g/mol. The first-order valence-corrected chi connectivity index (χ1v) is 12.8. The Balaban J connectivity index is 1.79. The molecule has 9 nitrogen and oxygen atoms in total. The Bertz CT molecular complexity index is 941. The summed E-state index contributed by atoms with van der Waals surface area (Å²) in [4.78, 5) is 46.1. The first-order valence-electron chi connectivity index (χ1n) is 12.4. The summed E-state index contributed by atoms with van der Waals surface area (Å²) in [6.45, 7) is 9.52. The Hall–Kier alpha value is -2.39. The minimum atomic E-state index is -0.642. The average Bonchev–Trinajstić information content (AvgIpc) is 3.21. The first kappa shape index (κ1) is 27.2. The molecule has 194 valence electrons. The third kappa shape index (κ3) is 7.30. The molecule has 0 saturated carbocycles. The van der Waals surface area contributed by atoms with Gasteiger partial charge in [-0.2, -0.15) is 0 Å². The van der Waals surface area contributed by atoms with E-state index in [1.807, 2.05) is 32.6 Å². The van der Waals surface area contributed by atoms with Gasteiger partial charge in [0.15, 0.2) is 0 Å². The molecule has 2 aliphatic rings. The highest BCUT2D eigenvalue weighted by molar-refractivity contribution is 6.33. The maximum atomic E-state index is 12.9. The van der Waals surface area contributed by atoms with Gasteiger partial charge in [-0.1, -0.05) is 18.5 Å². The highest BCUT2D eigenvalue weighted by atomic mass is 35.5. The highest BCUT2D eigenvalue weighted by Crippen LogP contribution is 2.31. The fraction of sp³-hybridized carbons (Fsp3) is 0.680. The molecule has 2 fully saturated rings. The summed E-state index contributed by atoms with van der Waals surface area (Å²) in [5.74, 6) is -0.175. The van der Waals surface area contributed by atoms with Crippen molar-refractivity contribution in [2.24, 2.45) is 5.92 Å². The molecule has 0 spiro atoms. The third-order valence-corrected chi connectivity index (χ3v) is 6.58. The molecular weight excluding hydrogens is 472 g/mol. The number of pyridine rings is 1. The Morgan fingerprint density at radius 3 is 2.54 bits per heavy atom. The molecule has 1 aromatic rings. The van der Waals surface area contributed by atoms with Crippen LogP contribution in [0.2, 0.25) is 5.02 Å². The Labute approximate surface area is 212 Å². The monoisotopic (exact) mass is 508 g/mol. The number of carbonyl (C=O) groups excluding carboxylic acids is 3. The maximum absolute atomic E-state index is 12.9. The number of likely N-dealkylation sites (tertiary alicyclic amines) is 1. The van der Waals surface area contributed by atoms with E-state index in [2.05, 4.69) is 5.32 Å². The van der Waals surface area contributed by atoms with E-state index in [1.165, 1.54) is 0 Å². The molecule has 35 heavy (non-hydrogen) atoms. The van der Waals surface area contributed by atoms with E-state index in [0.717, 1.165) is 6.42 Å². The predicted octanol–water partition coefficient (Wildman–Crippen LogP) is 2.92. The van der Waals surface area contributed by atoms with Crippen LogP contribution >= 0.6 is 11.6 Å². The summed E-state index contributed by atoms with van der Waals surface area (Å²) in [6.07, 6.45) is 2.38. The number of nitrogens with one attached hydrogen (secondary N) is 1. The molecule has 2 amide bonds. The number of hydrogen-bond acceptors (Lipinski definition) is 7. The first-order chi connectivity index (χ1) is 16.5. The largest absolute Gasteiger partial charge is 0.460 e. The van der Waals surface area contributed by atoms with Crippen LogP contribution in [0.25, 0.3) is 0 Å². The minimum Gasteiger partial charge on any atom is -0.460 e. The number of anilines is 1. The van der Waals surface area contributed by atoms with Gasteiger partial charge in [-0.05, 0) is 52.5 Å². The molecule has 0 aliphatic carbocycles. The fourth-order valence-corrected chi connectivity index (χ4v) is 4.54. The van der Waals surface area contributed by atoms with Crippen LogP contribution in [0.15, 0.2) is 6.07 Å². The zero-order chi connectivity index (χ0) is 25.8. The van der Waals surface area contributed by atoms with Gasteiger partial charge in [0, 0.05) is 32.6 Å². The van der Waals surface area contributed by atoms with Crippen LogP contribution in [-0.4, -0.2) is 70.7 Å². The van der Waals surface area contributed by atoms with Gasteiger partial charge in [-0.25, -0.2) is 4.98 Å². The van der Waals surface area contributed by atoms with Crippen molar-refractivity contribution in [1.82, 2.24) is 15.2 Å². The lowest BCUT2D eigenvalue weighted by atomic mass is 9.96. The smallest absolute Gasteiger partial charge is 0.309 e. The topological polar surface area (TPSA) is 112 Å². The number of aromatic nitrogens is 1. The summed E-state index contributed by atoms with van der Waals surface area (Å²) in [5.41, 5.74) is 0.243. The maximum Gasteiger partial charge on any atom is 0.309 e. The fourth-order valence-electron chi connectivity index (χ4n) is 4.27. The van der Waals surface area contributed by atoms with E-state index in [4.69, 9.17) is 21.3 Å². The number of halogens is 1. The van der Waals surface area contributed by atoms with Crippen molar-refractivity contribution >= 4 is 35.2 Å². The molecular formula is C25H37ClN4O5. The SMILES string of the molecule is CCC(O)CNC(=O)c1cc(Cl)c(N2CCC(C(=O)OC(C)(C)C)CC2)nc1CN1CCCC1=O. The normalized spacial score (nSPS) is 18.1. The summed E-state index contributed by atoms with van der Waals surface area (Å²) in [6, 6.07) is 1.59. The van der Waals surface area contributed by atoms with Crippen molar-refractivity contribution < 1.29 is 24.2 Å². The van der Waals surface area contributed by atoms with Gasteiger partial charge >= 0.3 is 5.97 Å². The van der Waals surface area contributed by atoms with E-state index >= 15 is 0 Å². The number of piperidine rings is 1. The second kappa shape index (κ2) is 11.6. The van der Waals surface area contributed by atoms with E-state index in [0.29, 0.717) is 67.4 Å². The van der Waals surface area contributed by atoms with Crippen molar-refractivity contribution in [3.8, 4) is 0 Å². The summed E-state index contributed by atoms with van der Waals surface area (Å²) >= 11 is 6.59. The molecule has 1 aromatic heterocycles. The number of nitrogens with zero attached hydrogens (tertiary/aromatic N) is 3. The second-order valence-corrected chi connectivity index (χ2v) is 10.7. The molecule has 3 heterocycles. The van der Waals surface area contributed by atoms with Gasteiger partial charge in [0.1, 0.15) is 11.4 Å². The standard InChI is InChI=1S/C25H37ClN4O5/c1-5-17(31)14-27-23(33)18-13-19(26)22(28-20(18)15-30-10-6-7-21(30)32)29-11-8-16(9-12-29)24(34)35-25(2,3)4/h13,16-17,31H,5-12,14-15H2,1-4H3,(H,27,33). The van der Waals surface area contributed by atoms with Crippen LogP contribution < -0.4 is 10.2 Å². The van der Waals surface area contributed by atoms with Crippen LogP contribution in [0, 0.1) is 5.92 Å². The number of carbonyl (C=O) groups is 3. The summed E-state index contributed by atoms with van der Waals surface area (Å²) in [7, 11) is 0. The lowest BCUT2D eigenvalue weighted by Crippen LogP contribution is -2.39. The van der Waals surface area contributed by atoms with Crippen LogP contribution in [-0.2, 0) is 20.9 Å². The Kier molecular flexibility index (Phi) is 8.99. The van der Waals surface area contributed by atoms with E-state index in [9.17, 15) is 19.5 Å². The number of aliphatic hydroxyl groups excluding tert-OH is 1. The van der Waals surface area contributed by atoms with Gasteiger partial charge in [-0.3, -0.25) is 14.4 Å². The molecule has 0 radical (unpaired) electrons. The van der Waals surface area contributed by atoms with Crippen molar-refractivity contribution in [1.29, 1.82) is 0 Å². The number of aliphatic hydroxyl groups is 1. The minimum absolute atomic E-state index is 0.0363. The molecule has 1 atom stereocenters. The molecule has 3 rings (SSSR count). The molecule has 2 aliphatic heterocycles. The third-order valence-electron chi connectivity index (χ3n) is 6.30. The number of ether oxygens (including phenoxy) is 1. The van der Waals surface area contributed by atoms with Crippen LogP contribution in [0.4, 0.5) is 5.82 Å². The number of esters is 1. The number of rotatable bonds is 8. The molecule has 2 saturated heterocycles.